The zero-order chi connectivity index (χ0) is 17.0. The van der Waals surface area contributed by atoms with Gasteiger partial charge in [0.2, 0.25) is 15.9 Å². The number of rotatable bonds is 5. The maximum Gasteiger partial charge on any atom is 0.238 e. The van der Waals surface area contributed by atoms with Crippen LogP contribution in [0.1, 0.15) is 24.8 Å². The van der Waals surface area contributed by atoms with Crippen LogP contribution in [0.5, 0.6) is 0 Å². The van der Waals surface area contributed by atoms with E-state index in [2.05, 4.69) is 10.3 Å². The lowest BCUT2D eigenvalue weighted by molar-refractivity contribution is -0.125. The van der Waals surface area contributed by atoms with Crippen LogP contribution < -0.4 is 10.2 Å². The van der Waals surface area contributed by atoms with E-state index in [0.717, 1.165) is 30.5 Å². The zero-order valence-electron chi connectivity index (χ0n) is 13.8. The van der Waals surface area contributed by atoms with E-state index >= 15 is 0 Å². The van der Waals surface area contributed by atoms with Crippen LogP contribution in [0.15, 0.2) is 18.3 Å². The molecular formula is C15H24N4O3S. The minimum Gasteiger partial charge on any atom is -0.363 e. The Morgan fingerprint density at radius 3 is 2.83 bits per heavy atom. The molecule has 1 aliphatic rings. The first kappa shape index (κ1) is 17.7. The second kappa shape index (κ2) is 7.27. The van der Waals surface area contributed by atoms with Gasteiger partial charge in [0.25, 0.3) is 0 Å². The summed E-state index contributed by atoms with van der Waals surface area (Å²) in [6, 6.07) is 3.13. The molecule has 0 bridgehead atoms. The van der Waals surface area contributed by atoms with Crippen molar-refractivity contribution < 1.29 is 13.2 Å². The highest BCUT2D eigenvalue weighted by Gasteiger charge is 2.34. The van der Waals surface area contributed by atoms with Crippen LogP contribution in [-0.2, 0) is 21.4 Å². The number of sulfonamides is 1. The smallest absolute Gasteiger partial charge is 0.238 e. The minimum atomic E-state index is -3.37. The fraction of sp³-hybridized carbons (Fsp3) is 0.600. The maximum absolute atomic E-state index is 12.4. The van der Waals surface area contributed by atoms with E-state index in [1.54, 1.807) is 6.20 Å². The van der Waals surface area contributed by atoms with Crippen LogP contribution >= 0.6 is 0 Å². The number of hydrogen-bond donors (Lipinski definition) is 1. The molecule has 1 amide bonds. The van der Waals surface area contributed by atoms with Crippen LogP contribution in [0.25, 0.3) is 0 Å². The minimum absolute atomic E-state index is 0.238. The number of nitrogens with one attached hydrogen (secondary N) is 1. The fourth-order valence-corrected chi connectivity index (χ4v) is 3.81. The van der Waals surface area contributed by atoms with Crippen molar-refractivity contribution in [3.63, 3.8) is 0 Å². The number of amides is 1. The fourth-order valence-electron chi connectivity index (χ4n) is 2.69. The van der Waals surface area contributed by atoms with Crippen molar-refractivity contribution >= 4 is 21.7 Å². The number of pyridine rings is 1. The molecule has 1 atom stereocenters. The molecule has 1 aromatic heterocycles. The van der Waals surface area contributed by atoms with Crippen molar-refractivity contribution in [1.29, 1.82) is 0 Å². The second-order valence-corrected chi connectivity index (χ2v) is 7.95. The van der Waals surface area contributed by atoms with Crippen molar-refractivity contribution in [2.24, 2.45) is 0 Å². The number of carbonyl (C=O) groups is 1. The highest BCUT2D eigenvalue weighted by atomic mass is 32.2. The second-order valence-electron chi connectivity index (χ2n) is 6.02. The molecule has 0 aromatic carbocycles. The summed E-state index contributed by atoms with van der Waals surface area (Å²) >= 11 is 0. The van der Waals surface area contributed by atoms with E-state index in [1.165, 1.54) is 4.31 Å². The average molecular weight is 340 g/mol. The van der Waals surface area contributed by atoms with Gasteiger partial charge in [-0.25, -0.2) is 13.4 Å². The van der Waals surface area contributed by atoms with E-state index in [1.807, 2.05) is 31.1 Å². The van der Waals surface area contributed by atoms with Gasteiger partial charge in [-0.1, -0.05) is 6.42 Å². The molecule has 2 heterocycles. The van der Waals surface area contributed by atoms with Crippen molar-refractivity contribution in [1.82, 2.24) is 14.6 Å². The van der Waals surface area contributed by atoms with E-state index in [9.17, 15) is 13.2 Å². The van der Waals surface area contributed by atoms with E-state index in [-0.39, 0.29) is 5.91 Å². The summed E-state index contributed by atoms with van der Waals surface area (Å²) in [5, 5.41) is 2.85. The molecular weight excluding hydrogens is 316 g/mol. The van der Waals surface area contributed by atoms with Crippen molar-refractivity contribution in [3.8, 4) is 0 Å². The molecule has 0 spiro atoms. The lowest BCUT2D eigenvalue weighted by atomic mass is 10.0. The van der Waals surface area contributed by atoms with Gasteiger partial charge in [-0.05, 0) is 30.5 Å². The Labute approximate surface area is 137 Å². The summed E-state index contributed by atoms with van der Waals surface area (Å²) in [7, 11) is 0.434. The normalized spacial score (nSPS) is 19.3. The molecule has 0 radical (unpaired) electrons. The SMILES string of the molecule is CN(C)c1cc(CNC(=O)[C@H]2CCCCN2S(C)(=O)=O)ccn1. The first-order valence-corrected chi connectivity index (χ1v) is 9.50. The third kappa shape index (κ3) is 4.65. The number of hydrogen-bond acceptors (Lipinski definition) is 5. The highest BCUT2D eigenvalue weighted by Crippen LogP contribution is 2.20. The van der Waals surface area contributed by atoms with Crippen molar-refractivity contribution in [2.45, 2.75) is 31.8 Å². The standard InChI is InChI=1S/C15H24N4O3S/c1-18(2)14-10-12(7-8-16-14)11-17-15(20)13-6-4-5-9-19(13)23(3,21)22/h7-8,10,13H,4-6,9,11H2,1-3H3,(H,17,20)/t13-/m1/s1. The molecule has 2 rings (SSSR count). The summed E-state index contributed by atoms with van der Waals surface area (Å²) < 4.78 is 25.0. The molecule has 0 aliphatic carbocycles. The van der Waals surface area contributed by atoms with Crippen LogP contribution in [0.2, 0.25) is 0 Å². The summed E-state index contributed by atoms with van der Waals surface area (Å²) in [5.41, 5.74) is 0.929. The molecule has 128 valence electrons. The van der Waals surface area contributed by atoms with Crippen molar-refractivity contribution in [3.05, 3.63) is 23.9 Å². The van der Waals surface area contributed by atoms with Gasteiger partial charge in [-0.2, -0.15) is 4.31 Å². The number of carbonyl (C=O) groups excluding carboxylic acids is 1. The number of nitrogens with zero attached hydrogens (tertiary/aromatic N) is 3. The Kier molecular flexibility index (Phi) is 5.59. The predicted molar refractivity (Wildman–Crippen MR) is 89.6 cm³/mol. The number of piperidine rings is 1. The largest absolute Gasteiger partial charge is 0.363 e. The Balaban J connectivity index is 2.02. The van der Waals surface area contributed by atoms with Gasteiger partial charge >= 0.3 is 0 Å². The van der Waals surface area contributed by atoms with Crippen LogP contribution in [0.4, 0.5) is 5.82 Å². The maximum atomic E-state index is 12.4. The number of anilines is 1. The molecule has 1 aliphatic heterocycles. The van der Waals surface area contributed by atoms with Crippen LogP contribution in [0, 0.1) is 0 Å². The van der Waals surface area contributed by atoms with Crippen LogP contribution in [-0.4, -0.2) is 56.6 Å². The molecule has 1 N–H and O–H groups in total. The molecule has 0 unspecified atom stereocenters. The van der Waals surface area contributed by atoms with Gasteiger partial charge < -0.3 is 10.2 Å². The molecule has 1 aromatic rings. The Bertz CT molecular complexity index is 660. The van der Waals surface area contributed by atoms with Gasteiger partial charge in [-0.3, -0.25) is 4.79 Å². The lowest BCUT2D eigenvalue weighted by Crippen LogP contribution is -2.51. The third-order valence-electron chi connectivity index (χ3n) is 3.92. The first-order valence-electron chi connectivity index (χ1n) is 7.66. The Morgan fingerprint density at radius 1 is 1.43 bits per heavy atom. The third-order valence-corrected chi connectivity index (χ3v) is 5.21. The van der Waals surface area contributed by atoms with Gasteiger partial charge in [-0.15, -0.1) is 0 Å². The molecule has 23 heavy (non-hydrogen) atoms. The lowest BCUT2D eigenvalue weighted by Gasteiger charge is -2.32. The van der Waals surface area contributed by atoms with E-state index in [0.29, 0.717) is 19.5 Å². The topological polar surface area (TPSA) is 82.6 Å². The molecule has 0 saturated carbocycles. The summed E-state index contributed by atoms with van der Waals surface area (Å²) in [6.45, 7) is 0.771. The van der Waals surface area contributed by atoms with Gasteiger partial charge in [0, 0.05) is 33.4 Å². The molecule has 8 heteroatoms. The Hall–Kier alpha value is -1.67. The number of aromatic nitrogens is 1. The predicted octanol–water partition coefficient (Wildman–Crippen LogP) is 0.578. The summed E-state index contributed by atoms with van der Waals surface area (Å²) in [4.78, 5) is 18.5. The first-order chi connectivity index (χ1) is 10.8. The van der Waals surface area contributed by atoms with E-state index < -0.39 is 16.1 Å². The zero-order valence-corrected chi connectivity index (χ0v) is 14.6. The molecule has 7 nitrogen and oxygen atoms in total. The average Bonchev–Trinajstić information content (AvgIpc) is 2.52. The molecule has 1 fully saturated rings. The highest BCUT2D eigenvalue weighted by molar-refractivity contribution is 7.88. The van der Waals surface area contributed by atoms with Gasteiger partial charge in [0.1, 0.15) is 11.9 Å². The van der Waals surface area contributed by atoms with Gasteiger partial charge in [0.05, 0.1) is 6.26 Å². The van der Waals surface area contributed by atoms with E-state index in [4.69, 9.17) is 0 Å². The molecule has 1 saturated heterocycles. The Morgan fingerprint density at radius 2 is 2.17 bits per heavy atom. The quantitative estimate of drug-likeness (QED) is 0.848. The van der Waals surface area contributed by atoms with Crippen molar-refractivity contribution in [2.75, 3.05) is 31.8 Å². The summed E-state index contributed by atoms with van der Waals surface area (Å²) in [5.74, 6) is 0.575. The van der Waals surface area contributed by atoms with Crippen LogP contribution in [0.3, 0.4) is 0 Å². The summed E-state index contributed by atoms with van der Waals surface area (Å²) in [6.07, 6.45) is 5.08. The van der Waals surface area contributed by atoms with Gasteiger partial charge in [0.15, 0.2) is 0 Å². The monoisotopic (exact) mass is 340 g/mol.